The van der Waals surface area contributed by atoms with Gasteiger partial charge in [-0.2, -0.15) is 11.8 Å². The number of thioether (sulfide) groups is 1. The molecular formula is C11H15N3O3S. The van der Waals surface area contributed by atoms with E-state index in [1.165, 1.54) is 18.7 Å². The molecule has 1 aromatic heterocycles. The van der Waals surface area contributed by atoms with Crippen molar-refractivity contribution in [3.8, 4) is 0 Å². The molecule has 0 spiro atoms. The molecule has 1 aromatic rings. The van der Waals surface area contributed by atoms with Crippen LogP contribution in [-0.2, 0) is 15.3 Å². The lowest BCUT2D eigenvalue weighted by Crippen LogP contribution is -2.39. The normalized spacial score (nSPS) is 11.8. The number of hydrogen-bond acceptors (Lipinski definition) is 5. The summed E-state index contributed by atoms with van der Waals surface area (Å²) in [7, 11) is 0. The zero-order valence-electron chi connectivity index (χ0n) is 10.00. The quantitative estimate of drug-likeness (QED) is 0.707. The largest absolute Gasteiger partial charge is 0.480 e. The first-order valence-electron chi connectivity index (χ1n) is 5.43. The van der Waals surface area contributed by atoms with Crippen molar-refractivity contribution < 1.29 is 14.7 Å². The van der Waals surface area contributed by atoms with Crippen molar-refractivity contribution in [2.24, 2.45) is 0 Å². The van der Waals surface area contributed by atoms with Gasteiger partial charge in [-0.05, 0) is 18.2 Å². The van der Waals surface area contributed by atoms with Crippen LogP contribution in [0, 0.1) is 0 Å². The zero-order valence-corrected chi connectivity index (χ0v) is 10.8. The Morgan fingerprint density at radius 1 is 1.44 bits per heavy atom. The van der Waals surface area contributed by atoms with E-state index in [0.29, 0.717) is 23.8 Å². The summed E-state index contributed by atoms with van der Waals surface area (Å²) in [5, 5.41) is 11.3. The number of nitrogens with one attached hydrogen (secondary N) is 1. The Labute approximate surface area is 109 Å². The third-order valence-electron chi connectivity index (χ3n) is 2.08. The van der Waals surface area contributed by atoms with Crippen molar-refractivity contribution in [2.45, 2.75) is 25.1 Å². The minimum Gasteiger partial charge on any atom is -0.480 e. The van der Waals surface area contributed by atoms with Crippen LogP contribution in [-0.4, -0.2) is 38.7 Å². The molecule has 1 unspecified atom stereocenters. The number of aromatic nitrogens is 2. The van der Waals surface area contributed by atoms with Crippen molar-refractivity contribution in [1.29, 1.82) is 0 Å². The summed E-state index contributed by atoms with van der Waals surface area (Å²) in [6, 6.07) is 0.914. The fourth-order valence-corrected chi connectivity index (χ4v) is 2.15. The van der Waals surface area contributed by atoms with E-state index in [1.807, 2.05) is 0 Å². The van der Waals surface area contributed by atoms with Crippen LogP contribution in [0.4, 0.5) is 0 Å². The summed E-state index contributed by atoms with van der Waals surface area (Å²) >= 11 is 1.54. The summed E-state index contributed by atoms with van der Waals surface area (Å²) in [5.74, 6) is 0.623. The van der Waals surface area contributed by atoms with Crippen molar-refractivity contribution >= 4 is 23.6 Å². The Morgan fingerprint density at radius 2 is 2.11 bits per heavy atom. The first-order valence-corrected chi connectivity index (χ1v) is 6.58. The molecule has 1 amide bonds. The Balaban J connectivity index is 2.27. The summed E-state index contributed by atoms with van der Waals surface area (Å²) in [5.41, 5.74) is 0. The Morgan fingerprint density at radius 3 is 2.67 bits per heavy atom. The molecule has 0 bridgehead atoms. The third kappa shape index (κ3) is 5.62. The van der Waals surface area contributed by atoms with Gasteiger partial charge in [0, 0.05) is 19.3 Å². The van der Waals surface area contributed by atoms with Crippen LogP contribution in [0.1, 0.15) is 19.2 Å². The first kappa shape index (κ1) is 14.4. The average Bonchev–Trinajstić information content (AvgIpc) is 2.33. The van der Waals surface area contributed by atoms with Crippen LogP contribution in [0.3, 0.4) is 0 Å². The number of carbonyl (C=O) groups is 2. The maximum atomic E-state index is 10.9. The summed E-state index contributed by atoms with van der Waals surface area (Å²) in [6.07, 6.45) is 3.72. The number of hydrogen-bond donors (Lipinski definition) is 2. The van der Waals surface area contributed by atoms with Gasteiger partial charge >= 0.3 is 5.97 Å². The maximum Gasteiger partial charge on any atom is 0.326 e. The number of nitrogens with zero attached hydrogens (tertiary/aromatic N) is 2. The van der Waals surface area contributed by atoms with Gasteiger partial charge in [-0.15, -0.1) is 0 Å². The topological polar surface area (TPSA) is 92.2 Å². The van der Waals surface area contributed by atoms with E-state index in [0.717, 1.165) is 0 Å². The highest BCUT2D eigenvalue weighted by Gasteiger charge is 2.17. The lowest BCUT2D eigenvalue weighted by Gasteiger charge is -2.12. The van der Waals surface area contributed by atoms with Crippen LogP contribution in [0.25, 0.3) is 0 Å². The van der Waals surface area contributed by atoms with Crippen LogP contribution < -0.4 is 5.32 Å². The summed E-state index contributed by atoms with van der Waals surface area (Å²) in [6.45, 7) is 1.31. The number of carboxylic acid groups (broad SMARTS) is 1. The monoisotopic (exact) mass is 269 g/mol. The van der Waals surface area contributed by atoms with E-state index < -0.39 is 12.0 Å². The van der Waals surface area contributed by atoms with Crippen molar-refractivity contribution in [3.63, 3.8) is 0 Å². The lowest BCUT2D eigenvalue weighted by atomic mass is 10.2. The molecule has 0 aliphatic heterocycles. The van der Waals surface area contributed by atoms with E-state index in [-0.39, 0.29) is 5.91 Å². The van der Waals surface area contributed by atoms with E-state index in [2.05, 4.69) is 15.3 Å². The number of carboxylic acids is 1. The molecule has 0 fully saturated rings. The Bertz CT molecular complexity index is 400. The number of amides is 1. The van der Waals surface area contributed by atoms with Gasteiger partial charge in [0.2, 0.25) is 5.91 Å². The van der Waals surface area contributed by atoms with E-state index in [9.17, 15) is 9.59 Å². The van der Waals surface area contributed by atoms with E-state index in [1.54, 1.807) is 18.5 Å². The lowest BCUT2D eigenvalue weighted by molar-refractivity contribution is -0.141. The Kier molecular flexibility index (Phi) is 6.13. The smallest absolute Gasteiger partial charge is 0.326 e. The average molecular weight is 269 g/mol. The van der Waals surface area contributed by atoms with Crippen molar-refractivity contribution in [2.75, 3.05) is 5.75 Å². The van der Waals surface area contributed by atoms with Crippen LogP contribution in [0.2, 0.25) is 0 Å². The van der Waals surface area contributed by atoms with Crippen LogP contribution >= 0.6 is 11.8 Å². The second kappa shape index (κ2) is 7.65. The van der Waals surface area contributed by atoms with Gasteiger partial charge in [0.25, 0.3) is 0 Å². The van der Waals surface area contributed by atoms with Gasteiger partial charge in [0.1, 0.15) is 11.9 Å². The highest BCUT2D eigenvalue weighted by molar-refractivity contribution is 7.98. The minimum atomic E-state index is -1.01. The first-order chi connectivity index (χ1) is 8.59. The molecule has 0 aliphatic rings. The molecule has 1 heterocycles. The molecule has 0 saturated carbocycles. The fraction of sp³-hybridized carbons (Fsp3) is 0.455. The van der Waals surface area contributed by atoms with Gasteiger partial charge in [-0.3, -0.25) is 4.79 Å². The Hall–Kier alpha value is -1.63. The van der Waals surface area contributed by atoms with E-state index in [4.69, 9.17) is 5.11 Å². The van der Waals surface area contributed by atoms with Gasteiger partial charge < -0.3 is 10.4 Å². The molecule has 1 rings (SSSR count). The molecule has 0 radical (unpaired) electrons. The molecule has 98 valence electrons. The maximum absolute atomic E-state index is 10.9. The highest BCUT2D eigenvalue weighted by Crippen LogP contribution is 2.10. The van der Waals surface area contributed by atoms with Crippen molar-refractivity contribution in [1.82, 2.24) is 15.3 Å². The second-order valence-corrected chi connectivity index (χ2v) is 4.70. The predicted octanol–water partition coefficient (Wildman–Crippen LogP) is 0.689. The van der Waals surface area contributed by atoms with Crippen LogP contribution in [0.15, 0.2) is 18.5 Å². The molecule has 1 atom stereocenters. The zero-order chi connectivity index (χ0) is 13.4. The molecule has 6 nitrogen and oxygen atoms in total. The van der Waals surface area contributed by atoms with Gasteiger partial charge in [0.15, 0.2) is 0 Å². The molecule has 0 saturated heterocycles. The summed E-state index contributed by atoms with van der Waals surface area (Å²) in [4.78, 5) is 29.8. The second-order valence-electron chi connectivity index (χ2n) is 3.60. The molecule has 7 heteroatoms. The standard InChI is InChI=1S/C11H15N3O3S/c1-8(15)14-9(11(16)17)3-6-18-7-10-12-4-2-5-13-10/h2,4-5,9H,3,6-7H2,1H3,(H,14,15)(H,16,17). The third-order valence-corrected chi connectivity index (χ3v) is 3.06. The molecular weight excluding hydrogens is 254 g/mol. The summed E-state index contributed by atoms with van der Waals surface area (Å²) < 4.78 is 0. The molecule has 0 aromatic carbocycles. The highest BCUT2D eigenvalue weighted by atomic mass is 32.2. The predicted molar refractivity (Wildman–Crippen MR) is 68.1 cm³/mol. The fourth-order valence-electron chi connectivity index (χ4n) is 1.27. The number of carbonyl (C=O) groups excluding carboxylic acids is 1. The van der Waals surface area contributed by atoms with Crippen molar-refractivity contribution in [3.05, 3.63) is 24.3 Å². The van der Waals surface area contributed by atoms with Gasteiger partial charge in [-0.1, -0.05) is 0 Å². The number of aliphatic carboxylic acids is 1. The SMILES string of the molecule is CC(=O)NC(CCSCc1ncccn1)C(=O)O. The molecule has 2 N–H and O–H groups in total. The number of rotatable bonds is 7. The van der Waals surface area contributed by atoms with Crippen LogP contribution in [0.5, 0.6) is 0 Å². The molecule has 0 aliphatic carbocycles. The van der Waals surface area contributed by atoms with Gasteiger partial charge in [0.05, 0.1) is 5.75 Å². The molecule has 18 heavy (non-hydrogen) atoms. The van der Waals surface area contributed by atoms with E-state index >= 15 is 0 Å². The minimum absolute atomic E-state index is 0.334. The van der Waals surface area contributed by atoms with Gasteiger partial charge in [-0.25, -0.2) is 14.8 Å².